The van der Waals surface area contributed by atoms with Crippen molar-refractivity contribution in [3.63, 3.8) is 0 Å². The number of hydrogen-bond acceptors (Lipinski definition) is 5. The Morgan fingerprint density at radius 2 is 1.86 bits per heavy atom. The van der Waals surface area contributed by atoms with E-state index in [-0.39, 0.29) is 18.9 Å². The van der Waals surface area contributed by atoms with Crippen LogP contribution in [0.4, 0.5) is 8.78 Å². The molecule has 0 spiro atoms. The topological polar surface area (TPSA) is 46.4 Å². The largest absolute Gasteiger partial charge is 0.378 e. The number of piperidine rings is 2. The maximum atomic E-state index is 13.3. The SMILES string of the molecule is COCC1=CC2=CC(CCC(C)(F)F)=NC2C(N2C3CC4CC2CC(C3)O4)=N1. The third-order valence-electron chi connectivity index (χ3n) is 6.47. The molecule has 152 valence electrons. The first-order chi connectivity index (χ1) is 13.4. The van der Waals surface area contributed by atoms with E-state index >= 15 is 0 Å². The molecule has 6 aliphatic rings. The summed E-state index contributed by atoms with van der Waals surface area (Å²) in [6, 6.07) is 0.717. The minimum absolute atomic E-state index is 0.167. The first kappa shape index (κ1) is 18.4. The number of ether oxygens (including phenoxy) is 2. The van der Waals surface area contributed by atoms with Gasteiger partial charge >= 0.3 is 0 Å². The highest BCUT2D eigenvalue weighted by Gasteiger charge is 2.50. The van der Waals surface area contributed by atoms with Gasteiger partial charge in [-0.25, -0.2) is 13.8 Å². The zero-order valence-corrected chi connectivity index (χ0v) is 16.4. The molecule has 0 aromatic carbocycles. The Bertz CT molecular complexity index is 753. The molecule has 6 aliphatic heterocycles. The van der Waals surface area contributed by atoms with E-state index in [4.69, 9.17) is 19.5 Å². The van der Waals surface area contributed by atoms with Gasteiger partial charge in [0.15, 0.2) is 0 Å². The summed E-state index contributed by atoms with van der Waals surface area (Å²) in [5.41, 5.74) is 2.68. The molecule has 4 fully saturated rings. The summed E-state index contributed by atoms with van der Waals surface area (Å²) in [6.45, 7) is 1.40. The van der Waals surface area contributed by atoms with Crippen molar-refractivity contribution in [2.24, 2.45) is 9.98 Å². The van der Waals surface area contributed by atoms with Crippen molar-refractivity contribution in [1.29, 1.82) is 0 Å². The van der Waals surface area contributed by atoms with Crippen LogP contribution in [0.15, 0.2) is 33.4 Å². The molecule has 0 aromatic rings. The predicted molar refractivity (Wildman–Crippen MR) is 103 cm³/mol. The molecule has 1 atom stereocenters. The first-order valence-electron chi connectivity index (χ1n) is 10.3. The fraction of sp³-hybridized carbons (Fsp3) is 0.714. The first-order valence-corrected chi connectivity index (χ1v) is 10.3. The number of rotatable bonds is 5. The van der Waals surface area contributed by atoms with Gasteiger partial charge in [-0.05, 0) is 56.8 Å². The number of fused-ring (bicyclic) bond motifs is 1. The van der Waals surface area contributed by atoms with Crippen LogP contribution in [0, 0.1) is 0 Å². The molecule has 4 saturated heterocycles. The molecule has 28 heavy (non-hydrogen) atoms. The molecule has 1 unspecified atom stereocenters. The Labute approximate surface area is 164 Å². The fourth-order valence-corrected chi connectivity index (χ4v) is 5.43. The van der Waals surface area contributed by atoms with Gasteiger partial charge in [-0.15, -0.1) is 0 Å². The average Bonchev–Trinajstić information content (AvgIpc) is 3.02. The molecule has 4 bridgehead atoms. The van der Waals surface area contributed by atoms with Crippen LogP contribution in [0.5, 0.6) is 0 Å². The lowest BCUT2D eigenvalue weighted by molar-refractivity contribution is -0.164. The van der Waals surface area contributed by atoms with Gasteiger partial charge in [0.25, 0.3) is 0 Å². The monoisotopic (exact) mass is 391 g/mol. The molecule has 0 amide bonds. The van der Waals surface area contributed by atoms with Crippen LogP contribution in [0.3, 0.4) is 0 Å². The summed E-state index contributed by atoms with van der Waals surface area (Å²) in [5, 5.41) is 0. The van der Waals surface area contributed by atoms with E-state index in [0.717, 1.165) is 55.4 Å². The minimum atomic E-state index is -2.67. The Hall–Kier alpha value is -1.60. The van der Waals surface area contributed by atoms with E-state index in [1.54, 1.807) is 7.11 Å². The van der Waals surface area contributed by atoms with Crippen LogP contribution in [0.2, 0.25) is 0 Å². The van der Waals surface area contributed by atoms with E-state index < -0.39 is 5.92 Å². The lowest BCUT2D eigenvalue weighted by Crippen LogP contribution is -2.65. The van der Waals surface area contributed by atoms with Gasteiger partial charge < -0.3 is 14.4 Å². The molecule has 6 rings (SSSR count). The Kier molecular flexibility index (Phi) is 4.43. The van der Waals surface area contributed by atoms with Crippen molar-refractivity contribution >= 4 is 11.5 Å². The van der Waals surface area contributed by atoms with Gasteiger partial charge in [0.2, 0.25) is 5.92 Å². The maximum absolute atomic E-state index is 13.3. The summed E-state index contributed by atoms with van der Waals surface area (Å²) in [6.07, 6.45) is 9.01. The molecule has 5 nitrogen and oxygen atoms in total. The van der Waals surface area contributed by atoms with Crippen LogP contribution in [0.1, 0.15) is 45.4 Å². The highest BCUT2D eigenvalue weighted by Crippen LogP contribution is 2.44. The smallest absolute Gasteiger partial charge is 0.245 e. The number of allylic oxidation sites excluding steroid dienone is 1. The van der Waals surface area contributed by atoms with Crippen LogP contribution in [0.25, 0.3) is 0 Å². The summed E-state index contributed by atoms with van der Waals surface area (Å²) in [4.78, 5) is 12.3. The Morgan fingerprint density at radius 3 is 2.46 bits per heavy atom. The lowest BCUT2D eigenvalue weighted by atomic mass is 9.77. The predicted octanol–water partition coefficient (Wildman–Crippen LogP) is 3.51. The normalized spacial score (nSPS) is 36.1. The van der Waals surface area contributed by atoms with Crippen molar-refractivity contribution in [3.8, 4) is 0 Å². The molecule has 0 aliphatic carbocycles. The lowest BCUT2D eigenvalue weighted by Gasteiger charge is -2.57. The van der Waals surface area contributed by atoms with Gasteiger partial charge in [0.1, 0.15) is 11.9 Å². The van der Waals surface area contributed by atoms with Crippen LogP contribution < -0.4 is 0 Å². The van der Waals surface area contributed by atoms with E-state index in [2.05, 4.69) is 4.90 Å². The summed E-state index contributed by atoms with van der Waals surface area (Å²) in [5.74, 6) is -1.69. The zero-order chi connectivity index (χ0) is 19.5. The third-order valence-corrected chi connectivity index (χ3v) is 6.47. The molecular weight excluding hydrogens is 364 g/mol. The van der Waals surface area contributed by atoms with Crippen molar-refractivity contribution in [2.75, 3.05) is 13.7 Å². The van der Waals surface area contributed by atoms with Gasteiger partial charge in [-0.3, -0.25) is 4.99 Å². The highest BCUT2D eigenvalue weighted by atomic mass is 19.3. The summed E-state index contributed by atoms with van der Waals surface area (Å²) >= 11 is 0. The number of methoxy groups -OCH3 is 1. The molecule has 7 heteroatoms. The second-order valence-electron chi connectivity index (χ2n) is 8.81. The van der Waals surface area contributed by atoms with Crippen molar-refractivity contribution in [3.05, 3.63) is 23.4 Å². The number of hydrogen-bond donors (Lipinski definition) is 0. The molecule has 0 N–H and O–H groups in total. The fourth-order valence-electron chi connectivity index (χ4n) is 5.43. The van der Waals surface area contributed by atoms with Crippen molar-refractivity contribution < 1.29 is 18.3 Å². The second kappa shape index (κ2) is 6.73. The van der Waals surface area contributed by atoms with Gasteiger partial charge in [-0.1, -0.05) is 0 Å². The summed E-state index contributed by atoms with van der Waals surface area (Å²) < 4.78 is 38.1. The second-order valence-corrected chi connectivity index (χ2v) is 8.81. The van der Waals surface area contributed by atoms with Gasteiger partial charge in [0, 0.05) is 31.3 Å². The average molecular weight is 391 g/mol. The highest BCUT2D eigenvalue weighted by molar-refractivity contribution is 6.06. The standard InChI is InChI=1S/C21H27F2N3O2/c1-21(22,23)4-3-13-5-12-6-14(11-27-2)25-20(19(12)24-13)26-15-7-17-9-16(26)10-18(8-15)28-17/h5-6,15-19H,3-4,7-11H2,1-2H3. The minimum Gasteiger partial charge on any atom is -0.378 e. The molecule has 6 heterocycles. The van der Waals surface area contributed by atoms with Crippen LogP contribution in [-0.2, 0) is 9.47 Å². The third kappa shape index (κ3) is 3.32. The van der Waals surface area contributed by atoms with Crippen molar-refractivity contribution in [1.82, 2.24) is 4.90 Å². The number of nitrogens with zero attached hydrogens (tertiary/aromatic N) is 3. The molecule has 0 aromatic heterocycles. The van der Waals surface area contributed by atoms with Gasteiger partial charge in [0.05, 0.1) is 24.5 Å². The number of alkyl halides is 2. The van der Waals surface area contributed by atoms with Crippen LogP contribution in [-0.4, -0.2) is 66.4 Å². The summed E-state index contributed by atoms with van der Waals surface area (Å²) in [7, 11) is 1.66. The Balaban J connectivity index is 1.44. The molecule has 0 radical (unpaired) electrons. The number of amidine groups is 1. The van der Waals surface area contributed by atoms with Gasteiger partial charge in [-0.2, -0.15) is 0 Å². The quantitative estimate of drug-likeness (QED) is 0.721. The zero-order valence-electron chi connectivity index (χ0n) is 16.4. The molecule has 0 saturated carbocycles. The number of halogens is 2. The Morgan fingerprint density at radius 1 is 1.18 bits per heavy atom. The van der Waals surface area contributed by atoms with Crippen molar-refractivity contribution in [2.45, 2.75) is 81.7 Å². The molecular formula is C21H27F2N3O2. The van der Waals surface area contributed by atoms with E-state index in [1.807, 2.05) is 12.2 Å². The maximum Gasteiger partial charge on any atom is 0.245 e. The van der Waals surface area contributed by atoms with Crippen LogP contribution >= 0.6 is 0 Å². The van der Waals surface area contributed by atoms with E-state index in [0.29, 0.717) is 30.9 Å². The van der Waals surface area contributed by atoms with E-state index in [9.17, 15) is 8.78 Å². The van der Waals surface area contributed by atoms with E-state index in [1.165, 1.54) is 0 Å². The number of aliphatic imine (C=N–C) groups is 2.